The molecule has 0 saturated heterocycles. The smallest absolute Gasteiger partial charge is 0.414 e. The van der Waals surface area contributed by atoms with E-state index in [1.165, 1.54) is 5.56 Å². The zero-order valence-electron chi connectivity index (χ0n) is 11.4. The Balaban J connectivity index is 2.44. The molecule has 1 atom stereocenters. The van der Waals surface area contributed by atoms with Crippen molar-refractivity contribution >= 4 is 11.8 Å². The minimum atomic E-state index is -0.228. The number of fused-ring (bicyclic) bond motifs is 1. The molecule has 0 radical (unpaired) electrons. The monoisotopic (exact) mass is 247 g/mol. The number of carbonyl (C=O) groups is 1. The van der Waals surface area contributed by atoms with E-state index in [1.54, 1.807) is 0 Å². The summed E-state index contributed by atoms with van der Waals surface area (Å²) in [5.41, 5.74) is 2.10. The van der Waals surface area contributed by atoms with Crippen molar-refractivity contribution in [3.63, 3.8) is 0 Å². The lowest BCUT2D eigenvalue weighted by molar-refractivity contribution is 0.149. The van der Waals surface area contributed by atoms with Gasteiger partial charge in [-0.05, 0) is 44.7 Å². The van der Waals surface area contributed by atoms with E-state index in [0.717, 1.165) is 24.9 Å². The second-order valence-electron chi connectivity index (χ2n) is 5.01. The number of para-hydroxylation sites is 1. The van der Waals surface area contributed by atoms with Crippen LogP contribution in [0.1, 0.15) is 39.2 Å². The average molecular weight is 247 g/mol. The van der Waals surface area contributed by atoms with Gasteiger partial charge in [-0.25, -0.2) is 4.79 Å². The first-order valence-corrected chi connectivity index (χ1v) is 6.67. The van der Waals surface area contributed by atoms with Gasteiger partial charge in [0.05, 0.1) is 12.3 Å². The van der Waals surface area contributed by atoms with Crippen molar-refractivity contribution in [1.82, 2.24) is 0 Å². The first-order chi connectivity index (χ1) is 8.62. The van der Waals surface area contributed by atoms with Crippen LogP contribution in [0.2, 0.25) is 0 Å². The van der Waals surface area contributed by atoms with Crippen molar-refractivity contribution in [2.45, 2.75) is 45.6 Å². The molecule has 0 N–H and O–H groups in total. The Morgan fingerprint density at radius 1 is 1.39 bits per heavy atom. The number of anilines is 1. The molecule has 0 saturated carbocycles. The third-order valence-electron chi connectivity index (χ3n) is 3.92. The summed E-state index contributed by atoms with van der Waals surface area (Å²) in [6.45, 7) is 6.52. The lowest BCUT2D eigenvalue weighted by Crippen LogP contribution is -2.52. The van der Waals surface area contributed by atoms with E-state index >= 15 is 0 Å². The largest absolute Gasteiger partial charge is 0.449 e. The second kappa shape index (κ2) is 5.01. The molecule has 1 heterocycles. The van der Waals surface area contributed by atoms with Gasteiger partial charge in [-0.3, -0.25) is 4.90 Å². The highest BCUT2D eigenvalue weighted by molar-refractivity contribution is 5.91. The lowest BCUT2D eigenvalue weighted by atomic mass is 9.84. The normalized spacial score (nSPS) is 22.5. The minimum absolute atomic E-state index is 0.138. The molecule has 0 fully saturated rings. The number of ether oxygens (including phenoxy) is 1. The molecule has 1 aliphatic heterocycles. The zero-order chi connectivity index (χ0) is 13.2. The summed E-state index contributed by atoms with van der Waals surface area (Å²) >= 11 is 0. The van der Waals surface area contributed by atoms with Gasteiger partial charge >= 0.3 is 6.09 Å². The number of hydrogen-bond donors (Lipinski definition) is 0. The van der Waals surface area contributed by atoms with Gasteiger partial charge in [0.1, 0.15) is 0 Å². The van der Waals surface area contributed by atoms with Gasteiger partial charge in [-0.15, -0.1) is 0 Å². The van der Waals surface area contributed by atoms with Crippen LogP contribution in [-0.4, -0.2) is 18.2 Å². The summed E-state index contributed by atoms with van der Waals surface area (Å²) in [6, 6.07) is 8.11. The van der Waals surface area contributed by atoms with E-state index in [9.17, 15) is 4.79 Å². The fraction of sp³-hybridized carbons (Fsp3) is 0.533. The molecule has 1 aliphatic rings. The van der Waals surface area contributed by atoms with E-state index < -0.39 is 0 Å². The molecule has 0 bridgehead atoms. The predicted molar refractivity (Wildman–Crippen MR) is 73.0 cm³/mol. The fourth-order valence-corrected chi connectivity index (χ4v) is 2.59. The van der Waals surface area contributed by atoms with E-state index in [1.807, 2.05) is 30.0 Å². The van der Waals surface area contributed by atoms with Crippen molar-refractivity contribution in [3.05, 3.63) is 29.8 Å². The first kappa shape index (κ1) is 12.9. The van der Waals surface area contributed by atoms with Crippen LogP contribution in [0, 0.1) is 0 Å². The Morgan fingerprint density at radius 2 is 2.11 bits per heavy atom. The van der Waals surface area contributed by atoms with E-state index in [4.69, 9.17) is 4.74 Å². The van der Waals surface area contributed by atoms with Gasteiger partial charge in [0.2, 0.25) is 0 Å². The number of hydrogen-bond acceptors (Lipinski definition) is 2. The Labute approximate surface area is 109 Å². The van der Waals surface area contributed by atoms with Gasteiger partial charge in [-0.1, -0.05) is 25.1 Å². The summed E-state index contributed by atoms with van der Waals surface area (Å²) in [7, 11) is 0. The molecule has 1 amide bonds. The number of aryl methyl sites for hydroxylation is 1. The van der Waals surface area contributed by atoms with Crippen LogP contribution in [0.4, 0.5) is 10.5 Å². The van der Waals surface area contributed by atoms with Gasteiger partial charge in [-0.2, -0.15) is 0 Å². The molecule has 1 unspecified atom stereocenters. The highest BCUT2D eigenvalue weighted by atomic mass is 16.6. The van der Waals surface area contributed by atoms with Gasteiger partial charge in [0.15, 0.2) is 0 Å². The highest BCUT2D eigenvalue weighted by Gasteiger charge is 2.39. The number of amides is 1. The molecular weight excluding hydrogens is 226 g/mol. The summed E-state index contributed by atoms with van der Waals surface area (Å²) in [6.07, 6.45) is 2.71. The van der Waals surface area contributed by atoms with Crippen LogP contribution in [0.3, 0.4) is 0 Å². The molecule has 18 heavy (non-hydrogen) atoms. The molecule has 3 heteroatoms. The molecule has 0 aliphatic carbocycles. The minimum Gasteiger partial charge on any atom is -0.449 e. The maximum atomic E-state index is 12.2. The maximum absolute atomic E-state index is 12.2. The molecule has 0 aromatic heterocycles. The van der Waals surface area contributed by atoms with Crippen molar-refractivity contribution < 1.29 is 9.53 Å². The van der Waals surface area contributed by atoms with E-state index in [0.29, 0.717) is 6.61 Å². The molecule has 3 nitrogen and oxygen atoms in total. The van der Waals surface area contributed by atoms with Crippen LogP contribution in [0.25, 0.3) is 0 Å². The highest BCUT2D eigenvalue weighted by Crippen LogP contribution is 2.38. The summed E-state index contributed by atoms with van der Waals surface area (Å²) in [5, 5.41) is 0. The first-order valence-electron chi connectivity index (χ1n) is 6.67. The van der Waals surface area contributed by atoms with Gasteiger partial charge in [0.25, 0.3) is 0 Å². The van der Waals surface area contributed by atoms with E-state index in [-0.39, 0.29) is 11.6 Å². The van der Waals surface area contributed by atoms with Crippen LogP contribution >= 0.6 is 0 Å². The topological polar surface area (TPSA) is 29.5 Å². The third-order valence-corrected chi connectivity index (χ3v) is 3.92. The number of benzene rings is 1. The predicted octanol–water partition coefficient (Wildman–Crippen LogP) is 3.76. The zero-order valence-corrected chi connectivity index (χ0v) is 11.4. The molecule has 1 aromatic carbocycles. The van der Waals surface area contributed by atoms with Crippen molar-refractivity contribution in [3.8, 4) is 0 Å². The fourth-order valence-electron chi connectivity index (χ4n) is 2.59. The third kappa shape index (κ3) is 2.09. The van der Waals surface area contributed by atoms with Gasteiger partial charge in [0, 0.05) is 5.54 Å². The Kier molecular flexibility index (Phi) is 3.60. The number of rotatable bonds is 2. The summed E-state index contributed by atoms with van der Waals surface area (Å²) in [4.78, 5) is 14.1. The average Bonchev–Trinajstić information content (AvgIpc) is 2.38. The van der Waals surface area contributed by atoms with Crippen LogP contribution in [0.5, 0.6) is 0 Å². The molecular formula is C15H21NO2. The van der Waals surface area contributed by atoms with E-state index in [2.05, 4.69) is 19.9 Å². The van der Waals surface area contributed by atoms with Crippen LogP contribution < -0.4 is 4.90 Å². The molecule has 1 aromatic rings. The SMILES string of the molecule is CCOC(=O)N1c2ccccc2CCC1(C)CC. The van der Waals surface area contributed by atoms with Gasteiger partial charge < -0.3 is 4.74 Å². The van der Waals surface area contributed by atoms with Crippen LogP contribution in [0.15, 0.2) is 24.3 Å². The summed E-state index contributed by atoms with van der Waals surface area (Å²) < 4.78 is 5.22. The number of nitrogens with zero attached hydrogens (tertiary/aromatic N) is 1. The molecule has 2 rings (SSSR count). The number of carbonyl (C=O) groups excluding carboxylic acids is 1. The Bertz CT molecular complexity index is 444. The quantitative estimate of drug-likeness (QED) is 0.796. The van der Waals surface area contributed by atoms with Crippen molar-refractivity contribution in [1.29, 1.82) is 0 Å². The maximum Gasteiger partial charge on any atom is 0.414 e. The molecule has 0 spiro atoms. The van der Waals surface area contributed by atoms with Crippen molar-refractivity contribution in [2.75, 3.05) is 11.5 Å². The van der Waals surface area contributed by atoms with Crippen molar-refractivity contribution in [2.24, 2.45) is 0 Å². The Hall–Kier alpha value is -1.51. The molecule has 98 valence electrons. The van der Waals surface area contributed by atoms with Crippen LogP contribution in [-0.2, 0) is 11.2 Å². The lowest BCUT2D eigenvalue weighted by Gasteiger charge is -2.44. The summed E-state index contributed by atoms with van der Waals surface area (Å²) in [5.74, 6) is 0. The standard InChI is InChI=1S/C15H21NO2/c1-4-15(3)11-10-12-8-6-7-9-13(12)16(15)14(17)18-5-2/h6-9H,4-5,10-11H2,1-3H3. The second-order valence-corrected chi connectivity index (χ2v) is 5.01. The Morgan fingerprint density at radius 3 is 2.78 bits per heavy atom.